The zero-order chi connectivity index (χ0) is 11.9. The topological polar surface area (TPSA) is 33.7 Å². The highest BCUT2D eigenvalue weighted by Crippen LogP contribution is 2.19. The van der Waals surface area contributed by atoms with Crippen molar-refractivity contribution >= 4 is 11.0 Å². The van der Waals surface area contributed by atoms with Gasteiger partial charge in [-0.1, -0.05) is 12.1 Å². The average molecular weight is 217 g/mol. The van der Waals surface area contributed by atoms with Crippen molar-refractivity contribution in [2.45, 2.75) is 39.8 Å². The molecule has 0 atom stereocenters. The molecule has 86 valence electrons. The number of imidazole rings is 1. The van der Waals surface area contributed by atoms with Crippen LogP contribution >= 0.6 is 0 Å². The second-order valence-electron chi connectivity index (χ2n) is 4.74. The molecular weight excluding hydrogens is 198 g/mol. The Kier molecular flexibility index (Phi) is 2.62. The van der Waals surface area contributed by atoms with Crippen LogP contribution in [0.4, 0.5) is 0 Å². The SMILES string of the molecule is CC(C)n1c(=N)n(C(C)C)c2ccccc21. The Hall–Kier alpha value is -1.51. The molecule has 0 unspecified atom stereocenters. The molecule has 0 amide bonds. The van der Waals surface area contributed by atoms with Gasteiger partial charge in [0.15, 0.2) is 0 Å². The minimum absolute atomic E-state index is 0.317. The smallest absolute Gasteiger partial charge is 0.203 e. The number of fused-ring (bicyclic) bond motifs is 1. The van der Waals surface area contributed by atoms with Gasteiger partial charge in [-0.15, -0.1) is 0 Å². The third-order valence-electron chi connectivity index (χ3n) is 2.89. The van der Waals surface area contributed by atoms with Crippen LogP contribution < -0.4 is 5.62 Å². The molecule has 3 nitrogen and oxygen atoms in total. The monoisotopic (exact) mass is 217 g/mol. The van der Waals surface area contributed by atoms with E-state index in [4.69, 9.17) is 5.41 Å². The van der Waals surface area contributed by atoms with E-state index in [-0.39, 0.29) is 0 Å². The van der Waals surface area contributed by atoms with Crippen molar-refractivity contribution in [3.8, 4) is 0 Å². The van der Waals surface area contributed by atoms with E-state index in [9.17, 15) is 0 Å². The van der Waals surface area contributed by atoms with E-state index < -0.39 is 0 Å². The van der Waals surface area contributed by atoms with Crippen molar-refractivity contribution < 1.29 is 0 Å². The lowest BCUT2D eigenvalue weighted by atomic mass is 10.3. The van der Waals surface area contributed by atoms with Crippen LogP contribution in [0.25, 0.3) is 11.0 Å². The molecule has 0 aliphatic rings. The summed E-state index contributed by atoms with van der Waals surface area (Å²) < 4.78 is 4.16. The van der Waals surface area contributed by atoms with Gasteiger partial charge >= 0.3 is 0 Å². The van der Waals surface area contributed by atoms with Crippen LogP contribution in [0.5, 0.6) is 0 Å². The van der Waals surface area contributed by atoms with Crippen molar-refractivity contribution in [1.29, 1.82) is 5.41 Å². The molecule has 0 aliphatic carbocycles. The Balaban J connectivity index is 2.92. The lowest BCUT2D eigenvalue weighted by molar-refractivity contribution is 0.513. The Bertz CT molecular complexity index is 510. The van der Waals surface area contributed by atoms with Gasteiger partial charge in [0.25, 0.3) is 0 Å². The van der Waals surface area contributed by atoms with Crippen LogP contribution in [0.1, 0.15) is 39.8 Å². The molecular formula is C13H19N3. The van der Waals surface area contributed by atoms with Crippen molar-refractivity contribution in [2.24, 2.45) is 0 Å². The molecule has 0 fully saturated rings. The zero-order valence-electron chi connectivity index (χ0n) is 10.4. The molecule has 16 heavy (non-hydrogen) atoms. The summed E-state index contributed by atoms with van der Waals surface area (Å²) in [6.07, 6.45) is 0. The molecule has 2 rings (SSSR count). The summed E-state index contributed by atoms with van der Waals surface area (Å²) >= 11 is 0. The quantitative estimate of drug-likeness (QED) is 0.802. The Morgan fingerprint density at radius 2 is 1.25 bits per heavy atom. The summed E-state index contributed by atoms with van der Waals surface area (Å²) in [5, 5.41) is 8.26. The van der Waals surface area contributed by atoms with Gasteiger partial charge < -0.3 is 9.13 Å². The Labute approximate surface area is 95.8 Å². The predicted molar refractivity (Wildman–Crippen MR) is 66.6 cm³/mol. The van der Waals surface area contributed by atoms with Gasteiger partial charge in [0, 0.05) is 12.1 Å². The molecule has 0 spiro atoms. The van der Waals surface area contributed by atoms with E-state index in [2.05, 4.69) is 49.0 Å². The first kappa shape index (κ1) is 11.0. The second kappa shape index (κ2) is 3.81. The fraction of sp³-hybridized carbons (Fsp3) is 0.462. The molecule has 1 N–H and O–H groups in total. The van der Waals surface area contributed by atoms with Crippen molar-refractivity contribution in [1.82, 2.24) is 9.13 Å². The lowest BCUT2D eigenvalue weighted by Crippen LogP contribution is -2.26. The molecule has 0 aliphatic heterocycles. The van der Waals surface area contributed by atoms with Crippen LogP contribution in [-0.4, -0.2) is 9.13 Å². The van der Waals surface area contributed by atoms with Gasteiger partial charge in [0.2, 0.25) is 5.62 Å². The predicted octanol–water partition coefficient (Wildman–Crippen LogP) is 3.08. The molecule has 0 saturated heterocycles. The number of para-hydroxylation sites is 2. The number of benzene rings is 1. The van der Waals surface area contributed by atoms with E-state index in [0.29, 0.717) is 17.7 Å². The summed E-state index contributed by atoms with van der Waals surface area (Å²) in [5.74, 6) is 0. The summed E-state index contributed by atoms with van der Waals surface area (Å²) in [7, 11) is 0. The van der Waals surface area contributed by atoms with Crippen molar-refractivity contribution in [3.63, 3.8) is 0 Å². The molecule has 0 radical (unpaired) electrons. The summed E-state index contributed by atoms with van der Waals surface area (Å²) in [6, 6.07) is 8.88. The molecule has 1 aromatic heterocycles. The summed E-state index contributed by atoms with van der Waals surface area (Å²) in [4.78, 5) is 0. The second-order valence-corrected chi connectivity index (χ2v) is 4.74. The lowest BCUT2D eigenvalue weighted by Gasteiger charge is -2.09. The molecule has 2 aromatic rings. The average Bonchev–Trinajstić information content (AvgIpc) is 2.49. The number of aromatic nitrogens is 2. The van der Waals surface area contributed by atoms with Gasteiger partial charge in [0.1, 0.15) is 0 Å². The highest BCUT2D eigenvalue weighted by Gasteiger charge is 2.13. The Morgan fingerprint density at radius 3 is 1.56 bits per heavy atom. The van der Waals surface area contributed by atoms with E-state index in [1.807, 2.05) is 12.1 Å². The van der Waals surface area contributed by atoms with Crippen molar-refractivity contribution in [3.05, 3.63) is 29.9 Å². The highest BCUT2D eigenvalue weighted by molar-refractivity contribution is 5.76. The van der Waals surface area contributed by atoms with E-state index >= 15 is 0 Å². The van der Waals surface area contributed by atoms with Crippen LogP contribution in [-0.2, 0) is 0 Å². The number of rotatable bonds is 2. The van der Waals surface area contributed by atoms with E-state index in [1.54, 1.807) is 0 Å². The van der Waals surface area contributed by atoms with Gasteiger partial charge in [-0.25, -0.2) is 0 Å². The van der Waals surface area contributed by atoms with Crippen LogP contribution in [0.15, 0.2) is 24.3 Å². The third-order valence-corrected chi connectivity index (χ3v) is 2.89. The fourth-order valence-corrected chi connectivity index (χ4v) is 2.26. The fourth-order valence-electron chi connectivity index (χ4n) is 2.26. The minimum Gasteiger partial charge on any atom is -0.308 e. The molecule has 1 aromatic carbocycles. The molecule has 1 heterocycles. The zero-order valence-corrected chi connectivity index (χ0v) is 10.4. The maximum atomic E-state index is 8.26. The van der Waals surface area contributed by atoms with Gasteiger partial charge in [-0.05, 0) is 39.8 Å². The Morgan fingerprint density at radius 1 is 0.875 bits per heavy atom. The van der Waals surface area contributed by atoms with E-state index in [1.165, 1.54) is 0 Å². The van der Waals surface area contributed by atoms with Crippen LogP contribution in [0, 0.1) is 5.41 Å². The van der Waals surface area contributed by atoms with Crippen LogP contribution in [0.2, 0.25) is 0 Å². The number of hydrogen-bond donors (Lipinski definition) is 1. The number of nitrogens with one attached hydrogen (secondary N) is 1. The van der Waals surface area contributed by atoms with E-state index in [0.717, 1.165) is 11.0 Å². The first-order valence-electron chi connectivity index (χ1n) is 5.80. The van der Waals surface area contributed by atoms with Crippen molar-refractivity contribution in [2.75, 3.05) is 0 Å². The highest BCUT2D eigenvalue weighted by atomic mass is 15.2. The largest absolute Gasteiger partial charge is 0.308 e. The third kappa shape index (κ3) is 1.47. The van der Waals surface area contributed by atoms with Gasteiger partial charge in [-0.3, -0.25) is 5.41 Å². The van der Waals surface area contributed by atoms with Gasteiger partial charge in [0.05, 0.1) is 11.0 Å². The molecule has 3 heteroatoms. The standard InChI is InChI=1S/C13H19N3/c1-9(2)15-11-7-5-6-8-12(11)16(10(3)4)13(15)14/h5-10,14H,1-4H3. The van der Waals surface area contributed by atoms with Gasteiger partial charge in [-0.2, -0.15) is 0 Å². The first-order chi connectivity index (χ1) is 7.54. The number of hydrogen-bond acceptors (Lipinski definition) is 1. The minimum atomic E-state index is 0.317. The summed E-state index contributed by atoms with van der Waals surface area (Å²) in [5.41, 5.74) is 2.89. The summed E-state index contributed by atoms with van der Waals surface area (Å²) in [6.45, 7) is 8.48. The maximum absolute atomic E-state index is 8.26. The normalized spacial score (nSPS) is 11.9. The maximum Gasteiger partial charge on any atom is 0.203 e. The molecule has 0 bridgehead atoms. The molecule has 0 saturated carbocycles. The van der Waals surface area contributed by atoms with Crippen LogP contribution in [0.3, 0.4) is 0 Å². The number of nitrogens with zero attached hydrogens (tertiary/aromatic N) is 2. The first-order valence-corrected chi connectivity index (χ1v) is 5.80.